The average Bonchev–Trinajstić information content (AvgIpc) is 1.53. The van der Waals surface area contributed by atoms with Gasteiger partial charge in [0.15, 0.2) is 23.3 Å². The van der Waals surface area contributed by atoms with Gasteiger partial charge in [0.1, 0.15) is 0 Å². The van der Waals surface area contributed by atoms with E-state index in [4.69, 9.17) is 21.8 Å². The van der Waals surface area contributed by atoms with Gasteiger partial charge in [-0.2, -0.15) is 0 Å². The molecule has 2 heterocycles. The van der Waals surface area contributed by atoms with Gasteiger partial charge >= 0.3 is 0 Å². The molecule has 532 valence electrons. The third kappa shape index (κ3) is 12.0. The highest BCUT2D eigenvalue weighted by molar-refractivity contribution is 9.10. The van der Waals surface area contributed by atoms with Crippen molar-refractivity contribution in [1.29, 1.82) is 0 Å². The fraction of sp³-hybridized carbons (Fsp3) is 0.0400. The van der Waals surface area contributed by atoms with E-state index in [1.54, 1.807) is 0 Å². The maximum Gasteiger partial charge on any atom is 0.225 e. The van der Waals surface area contributed by atoms with E-state index < -0.39 is 29.8 Å². The third-order valence-corrected chi connectivity index (χ3v) is 38.8. The van der Waals surface area contributed by atoms with Crippen LogP contribution >= 0.6 is 40.8 Å². The fourth-order valence-corrected chi connectivity index (χ4v) is 34.0. The maximum absolute atomic E-state index is 16.2. The number of hydrogen-bond acceptors (Lipinski definition) is 4. The molecule has 4 nitrogen and oxygen atoms in total. The Bertz CT molecular complexity index is 6560. The second-order valence-electron chi connectivity index (χ2n) is 29.0. The van der Waals surface area contributed by atoms with Crippen LogP contribution in [-0.4, -0.2) is 26.7 Å². The first-order valence-corrected chi connectivity index (χ1v) is 46.2. The summed E-state index contributed by atoms with van der Waals surface area (Å²) in [5, 5.41) is 42.7. The molecule has 20 rings (SSSR count). The van der Waals surface area contributed by atoms with Gasteiger partial charge in [-0.05, 0) is 234 Å². The van der Waals surface area contributed by atoms with E-state index in [1.165, 1.54) is 128 Å². The summed E-state index contributed by atoms with van der Waals surface area (Å²) < 4.78 is 30.0. The number of aryl methyl sites for hydroxylation is 4. The molecular formula is C100H76BrClO4P2Si2. The van der Waals surface area contributed by atoms with Crippen LogP contribution in [0, 0.1) is 27.7 Å². The topological polar surface area (TPSA) is 74.6 Å². The molecule has 2 aliphatic rings. The van der Waals surface area contributed by atoms with E-state index in [0.717, 1.165) is 42.6 Å². The van der Waals surface area contributed by atoms with Crippen LogP contribution in [0.1, 0.15) is 22.3 Å². The number of halogens is 2. The quantitative estimate of drug-likeness (QED) is 0.0496. The number of rotatable bonds is 9. The molecule has 0 spiro atoms. The van der Waals surface area contributed by atoms with Gasteiger partial charge in [0.25, 0.3) is 0 Å². The largest absolute Gasteiger partial charge is 0.309 e. The second-order valence-corrected chi connectivity index (χ2v) is 43.6. The lowest BCUT2D eigenvalue weighted by Crippen LogP contribution is -2.73. The summed E-state index contributed by atoms with van der Waals surface area (Å²) >= 11 is 10.1. The lowest BCUT2D eigenvalue weighted by molar-refractivity contribution is -0.176. The Morgan fingerprint density at radius 1 is 0.245 bits per heavy atom. The van der Waals surface area contributed by atoms with Crippen molar-refractivity contribution < 1.29 is 19.6 Å². The Balaban J connectivity index is 0.000000134. The summed E-state index contributed by atoms with van der Waals surface area (Å²) in [6, 6.07) is 136. The molecule has 0 aliphatic carbocycles. The lowest BCUT2D eigenvalue weighted by Gasteiger charge is -2.32. The Morgan fingerprint density at radius 2 is 0.500 bits per heavy atom. The van der Waals surface area contributed by atoms with Gasteiger partial charge in [-0.1, -0.05) is 348 Å². The van der Waals surface area contributed by atoms with Gasteiger partial charge < -0.3 is 4.57 Å². The van der Waals surface area contributed by atoms with Crippen LogP contribution in [0.4, 0.5) is 0 Å². The lowest BCUT2D eigenvalue weighted by atomic mass is 9.92. The molecule has 2 aliphatic heterocycles. The minimum atomic E-state index is -3.28. The summed E-state index contributed by atoms with van der Waals surface area (Å²) in [6.45, 7) is 5.13. The van der Waals surface area contributed by atoms with Crippen LogP contribution in [0.15, 0.2) is 381 Å². The van der Waals surface area contributed by atoms with E-state index in [9.17, 15) is 4.57 Å². The Morgan fingerprint density at radius 3 is 0.827 bits per heavy atom. The maximum atomic E-state index is 16.2. The molecule has 0 amide bonds. The molecular weight excluding hydrogens is 1500 g/mol. The Kier molecular flexibility index (Phi) is 19.3. The summed E-state index contributed by atoms with van der Waals surface area (Å²) in [7, 11) is -8.80. The molecule has 0 saturated carbocycles. The smallest absolute Gasteiger partial charge is 0.225 e. The minimum Gasteiger partial charge on any atom is -0.309 e. The summed E-state index contributed by atoms with van der Waals surface area (Å²) in [4.78, 5) is 0. The van der Waals surface area contributed by atoms with Crippen LogP contribution in [0.25, 0.3) is 86.9 Å². The van der Waals surface area contributed by atoms with Crippen LogP contribution in [0.3, 0.4) is 0 Å². The van der Waals surface area contributed by atoms with Crippen molar-refractivity contribution in [2.75, 3.05) is 0 Å². The van der Waals surface area contributed by atoms with Crippen LogP contribution < -0.4 is 68.0 Å². The first-order valence-electron chi connectivity index (χ1n) is 37.1. The van der Waals surface area contributed by atoms with E-state index >= 15 is 4.57 Å². The van der Waals surface area contributed by atoms with Gasteiger partial charge in [-0.25, -0.2) is 0 Å². The SMILES string of the molecule is Brc1ccc2c(c1)[Si](c1ccccc1)(c1ccccc1)c1cc3c4ccccc4c4ccccc4c3cc1-2.Cc1cccc(P(=O)(Cl)c2cccc(C)c2)c1.Cc1cccc(P(=O)(c2cccc(C)c2)c2ccc3c(c2)[Si](c2ccccc2)(c2ccccc2)c2cc4c5ccccc5c5ccccc5c4cc2-3)c1.OO. The molecule has 0 aromatic heterocycles. The van der Waals surface area contributed by atoms with Crippen LogP contribution in [0.2, 0.25) is 0 Å². The molecule has 18 aromatic rings. The van der Waals surface area contributed by atoms with E-state index in [-0.39, 0.29) is 0 Å². The molecule has 10 heteroatoms. The first-order chi connectivity index (χ1) is 53.7. The van der Waals surface area contributed by atoms with Gasteiger partial charge in [0.05, 0.1) is 0 Å². The van der Waals surface area contributed by atoms with Crippen molar-refractivity contribution in [2.45, 2.75) is 27.7 Å². The van der Waals surface area contributed by atoms with Crippen molar-refractivity contribution in [3.63, 3.8) is 0 Å². The zero-order chi connectivity index (χ0) is 75.5. The molecule has 110 heavy (non-hydrogen) atoms. The van der Waals surface area contributed by atoms with Crippen LogP contribution in [-0.2, 0) is 9.13 Å². The fourth-order valence-electron chi connectivity index (χ4n) is 17.8. The molecule has 0 atom stereocenters. The van der Waals surface area contributed by atoms with Crippen molar-refractivity contribution in [2.24, 2.45) is 0 Å². The van der Waals surface area contributed by atoms with Crippen molar-refractivity contribution in [1.82, 2.24) is 0 Å². The number of fused-ring (bicyclic) bond motifs is 18. The molecule has 18 aromatic carbocycles. The highest BCUT2D eigenvalue weighted by atomic mass is 79.9. The highest BCUT2D eigenvalue weighted by Gasteiger charge is 2.51. The van der Waals surface area contributed by atoms with E-state index in [1.807, 2.05) is 74.5 Å². The predicted molar refractivity (Wildman–Crippen MR) is 480 cm³/mol. The van der Waals surface area contributed by atoms with Crippen molar-refractivity contribution in [3.8, 4) is 22.3 Å². The van der Waals surface area contributed by atoms with Gasteiger partial charge in [-0.15, -0.1) is 0 Å². The summed E-state index contributed by atoms with van der Waals surface area (Å²) in [5.74, 6) is 0. The average molecular weight is 1580 g/mol. The monoisotopic (exact) mass is 1570 g/mol. The van der Waals surface area contributed by atoms with Gasteiger partial charge in [0.2, 0.25) is 6.49 Å². The first kappa shape index (κ1) is 72.0. The molecule has 2 N–H and O–H groups in total. The summed E-state index contributed by atoms with van der Waals surface area (Å²) in [6.07, 6.45) is 0. The van der Waals surface area contributed by atoms with Gasteiger partial charge in [-0.3, -0.25) is 15.1 Å². The van der Waals surface area contributed by atoms with Gasteiger partial charge in [0, 0.05) is 31.0 Å². The normalized spacial score (nSPS) is 12.9. The minimum absolute atomic E-state index is 0.699. The Labute approximate surface area is 656 Å². The Hall–Kier alpha value is -10.9. The standard InChI is InChI=1S/C50H37OPSi.C36H23BrSi.C14H14ClOP.H2O2/c1-34-15-13-17-36(29-34)52(51,37-18-14-16-35(2)30-37)38-27-28-45-48-32-46-43-25-11-9-23-41(43)42-24-10-12-26-44(42)47(46)33-50(48)53(49(45)31-38,39-19-5-3-6-20-39)40-21-7-4-8-22-40;37-24-19-20-31-34-22-32-29-17-9-7-15-27(29)28-16-8-10-18-30(28)33(32)23-36(34)38(35(31)21-24,25-11-3-1-4-12-25)26-13-5-2-6-14-26;1-11-5-3-7-13(9-11)17(15,16)14-8-4-6-12(2)10-14;1-2/h3-33H,1-2H3;1-23H;3-10H,1-2H3;1-2H. The zero-order valence-corrected chi connectivity index (χ0v) is 67.3. The van der Waals surface area contributed by atoms with Crippen molar-refractivity contribution >= 4 is 190 Å². The highest BCUT2D eigenvalue weighted by Crippen LogP contribution is 2.50. The predicted octanol–water partition coefficient (Wildman–Crippen LogP) is 19.8. The number of benzene rings is 18. The van der Waals surface area contributed by atoms with E-state index in [2.05, 4.69) is 345 Å². The van der Waals surface area contributed by atoms with E-state index in [0.29, 0.717) is 10.6 Å². The second kappa shape index (κ2) is 29.5. The number of hydrogen-bond donors (Lipinski definition) is 2. The van der Waals surface area contributed by atoms with Crippen LogP contribution in [0.5, 0.6) is 0 Å². The molecule has 0 radical (unpaired) electrons. The molecule has 0 saturated heterocycles. The van der Waals surface area contributed by atoms with Crippen molar-refractivity contribution in [3.05, 3.63) is 403 Å². The third-order valence-electron chi connectivity index (χ3n) is 22.5. The summed E-state index contributed by atoms with van der Waals surface area (Å²) in [5.41, 5.74) is 9.59. The molecule has 0 fully saturated rings. The zero-order valence-electron chi connectivity index (χ0n) is 61.2. The molecule has 0 unspecified atom stereocenters. The molecule has 0 bridgehead atoms.